The molecule has 0 unspecified atom stereocenters. The van der Waals surface area contributed by atoms with E-state index in [2.05, 4.69) is 9.88 Å². The van der Waals surface area contributed by atoms with Gasteiger partial charge in [0.25, 0.3) is 0 Å². The van der Waals surface area contributed by atoms with Crippen molar-refractivity contribution in [2.45, 2.75) is 29.9 Å². The number of hydrogen-bond acceptors (Lipinski definition) is 5. The average Bonchev–Trinajstić information content (AvgIpc) is 3.29. The van der Waals surface area contributed by atoms with Crippen LogP contribution in [0.15, 0.2) is 78.0 Å². The number of fused-ring (bicyclic) bond motifs is 2. The predicted octanol–water partition coefficient (Wildman–Crippen LogP) is 3.40. The van der Waals surface area contributed by atoms with E-state index in [1.807, 2.05) is 54.6 Å². The fourth-order valence-electron chi connectivity index (χ4n) is 4.87. The molecule has 1 atom stereocenters. The van der Waals surface area contributed by atoms with Gasteiger partial charge in [-0.25, -0.2) is 8.42 Å². The molecule has 2 aliphatic rings. The van der Waals surface area contributed by atoms with Gasteiger partial charge in [0.15, 0.2) is 0 Å². The highest BCUT2D eigenvalue weighted by Gasteiger charge is 2.56. The van der Waals surface area contributed by atoms with Crippen molar-refractivity contribution in [1.82, 2.24) is 14.2 Å². The summed E-state index contributed by atoms with van der Waals surface area (Å²) in [5.41, 5.74) is 2.50. The van der Waals surface area contributed by atoms with Gasteiger partial charge in [-0.15, -0.1) is 0 Å². The third-order valence-corrected chi connectivity index (χ3v) is 8.37. The molecule has 5 rings (SSSR count). The summed E-state index contributed by atoms with van der Waals surface area (Å²) in [6.07, 6.45) is 4.36. The third-order valence-electron chi connectivity index (χ3n) is 6.40. The van der Waals surface area contributed by atoms with Gasteiger partial charge in [0, 0.05) is 38.6 Å². The summed E-state index contributed by atoms with van der Waals surface area (Å²) in [5, 5.41) is 0. The summed E-state index contributed by atoms with van der Waals surface area (Å²) in [6, 6.07) is 19.1. The zero-order chi connectivity index (χ0) is 21.5. The van der Waals surface area contributed by atoms with Crippen LogP contribution in [0.5, 0.6) is 5.75 Å². The average molecular weight is 436 g/mol. The Kier molecular flexibility index (Phi) is 5.04. The van der Waals surface area contributed by atoms with Crippen molar-refractivity contribution in [1.29, 1.82) is 0 Å². The third kappa shape index (κ3) is 3.43. The van der Waals surface area contributed by atoms with Crippen molar-refractivity contribution >= 4 is 10.0 Å². The van der Waals surface area contributed by atoms with Gasteiger partial charge in [-0.1, -0.05) is 30.3 Å². The van der Waals surface area contributed by atoms with Gasteiger partial charge in [-0.3, -0.25) is 9.88 Å². The Morgan fingerprint density at radius 3 is 2.42 bits per heavy atom. The van der Waals surface area contributed by atoms with Gasteiger partial charge in [-0.05, 0) is 53.4 Å². The van der Waals surface area contributed by atoms with Crippen LogP contribution in [0, 0.1) is 0 Å². The molecule has 31 heavy (non-hydrogen) atoms. The van der Waals surface area contributed by atoms with Crippen LogP contribution in [0.1, 0.15) is 23.1 Å². The monoisotopic (exact) mass is 435 g/mol. The minimum absolute atomic E-state index is 0.337. The molecular weight excluding hydrogens is 410 g/mol. The van der Waals surface area contributed by atoms with E-state index in [1.165, 1.54) is 5.56 Å². The van der Waals surface area contributed by atoms with Crippen LogP contribution in [0.25, 0.3) is 0 Å². The highest BCUT2D eigenvalue weighted by atomic mass is 32.2. The van der Waals surface area contributed by atoms with E-state index in [9.17, 15) is 8.42 Å². The first-order chi connectivity index (χ1) is 15.0. The van der Waals surface area contributed by atoms with Gasteiger partial charge in [0.2, 0.25) is 10.0 Å². The number of rotatable bonds is 5. The smallest absolute Gasteiger partial charge is 0.244 e. The van der Waals surface area contributed by atoms with Crippen molar-refractivity contribution in [3.63, 3.8) is 0 Å². The molecule has 7 heteroatoms. The first kappa shape index (κ1) is 20.2. The quantitative estimate of drug-likeness (QED) is 0.615. The Labute approximate surface area is 183 Å². The number of pyridine rings is 1. The van der Waals surface area contributed by atoms with E-state index in [1.54, 1.807) is 29.9 Å². The summed E-state index contributed by atoms with van der Waals surface area (Å²) in [6.45, 7) is 2.62. The lowest BCUT2D eigenvalue weighted by molar-refractivity contribution is 0.184. The van der Waals surface area contributed by atoms with Crippen LogP contribution in [-0.4, -0.2) is 42.8 Å². The number of nitrogens with zero attached hydrogens (tertiary/aromatic N) is 3. The molecule has 160 valence electrons. The maximum Gasteiger partial charge on any atom is 0.244 e. The number of benzene rings is 2. The molecule has 2 aliphatic heterocycles. The summed E-state index contributed by atoms with van der Waals surface area (Å²) in [5.74, 6) is 0.760. The first-order valence-corrected chi connectivity index (χ1v) is 11.8. The second kappa shape index (κ2) is 7.75. The van der Waals surface area contributed by atoms with E-state index in [4.69, 9.17) is 4.74 Å². The highest BCUT2D eigenvalue weighted by molar-refractivity contribution is 7.89. The maximum absolute atomic E-state index is 13.6. The minimum atomic E-state index is -3.58. The Morgan fingerprint density at radius 1 is 0.968 bits per heavy atom. The molecule has 0 bridgehead atoms. The fourth-order valence-corrected chi connectivity index (χ4v) is 6.92. The van der Waals surface area contributed by atoms with Crippen LogP contribution in [0.4, 0.5) is 0 Å². The molecule has 1 spiro atoms. The fraction of sp³-hybridized carbons (Fsp3) is 0.292. The van der Waals surface area contributed by atoms with Crippen LogP contribution in [-0.2, 0) is 28.7 Å². The molecule has 0 aliphatic carbocycles. The molecule has 0 amide bonds. The topological polar surface area (TPSA) is 62.7 Å². The summed E-state index contributed by atoms with van der Waals surface area (Å²) in [4.78, 5) is 6.88. The van der Waals surface area contributed by atoms with E-state index >= 15 is 0 Å². The second-order valence-electron chi connectivity index (χ2n) is 8.20. The zero-order valence-electron chi connectivity index (χ0n) is 17.4. The van der Waals surface area contributed by atoms with Crippen LogP contribution < -0.4 is 4.74 Å². The molecule has 2 aromatic carbocycles. The molecule has 3 aromatic rings. The summed E-state index contributed by atoms with van der Waals surface area (Å²) >= 11 is 0. The molecule has 1 fully saturated rings. The SMILES string of the molecule is COc1ccc(CN2[C@]3(CCN(Cc4ccncc4)C3)c3ccccc3S2(=O)=O)cc1. The normalized spacial score (nSPS) is 22.6. The molecule has 1 aromatic heterocycles. The van der Waals surface area contributed by atoms with Crippen molar-refractivity contribution in [3.05, 3.63) is 89.7 Å². The Bertz CT molecular complexity index is 1180. The van der Waals surface area contributed by atoms with Gasteiger partial charge >= 0.3 is 0 Å². The lowest BCUT2D eigenvalue weighted by Gasteiger charge is -2.34. The van der Waals surface area contributed by atoms with Gasteiger partial charge in [0.1, 0.15) is 5.75 Å². The number of ether oxygens (including phenoxy) is 1. The predicted molar refractivity (Wildman–Crippen MR) is 118 cm³/mol. The van der Waals surface area contributed by atoms with E-state index in [0.717, 1.165) is 36.4 Å². The number of hydrogen-bond donors (Lipinski definition) is 0. The minimum Gasteiger partial charge on any atom is -0.497 e. The molecule has 6 nitrogen and oxygen atoms in total. The number of sulfonamides is 1. The lowest BCUT2D eigenvalue weighted by Crippen LogP contribution is -2.45. The first-order valence-electron chi connectivity index (χ1n) is 10.4. The van der Waals surface area contributed by atoms with Crippen molar-refractivity contribution in [2.75, 3.05) is 20.2 Å². The molecule has 3 heterocycles. The Hall–Kier alpha value is -2.74. The van der Waals surface area contributed by atoms with Crippen molar-refractivity contribution in [3.8, 4) is 5.75 Å². The van der Waals surface area contributed by atoms with Crippen molar-refractivity contribution < 1.29 is 13.2 Å². The zero-order valence-corrected chi connectivity index (χ0v) is 18.3. The van der Waals surface area contributed by atoms with Gasteiger partial charge < -0.3 is 4.74 Å². The molecule has 1 saturated heterocycles. The largest absolute Gasteiger partial charge is 0.497 e. The maximum atomic E-state index is 13.6. The van der Waals surface area contributed by atoms with Crippen molar-refractivity contribution in [2.24, 2.45) is 0 Å². The van der Waals surface area contributed by atoms with E-state index in [-0.39, 0.29) is 0 Å². The van der Waals surface area contributed by atoms with Gasteiger partial charge in [0.05, 0.1) is 17.5 Å². The molecular formula is C24H25N3O3S. The summed E-state index contributed by atoms with van der Waals surface area (Å²) < 4.78 is 34.2. The summed E-state index contributed by atoms with van der Waals surface area (Å²) in [7, 11) is -1.96. The standard InChI is InChI=1S/C24H25N3O3S/c1-30-21-8-6-19(7-9-21)17-27-24(22-4-2-3-5-23(22)31(27,28)29)12-15-26(18-24)16-20-10-13-25-14-11-20/h2-11,13-14H,12,15-18H2,1H3/t24-/m0/s1. The van der Waals surface area contributed by atoms with Crippen LogP contribution in [0.2, 0.25) is 0 Å². The Balaban J connectivity index is 1.51. The number of likely N-dealkylation sites (tertiary alicyclic amines) is 1. The number of methoxy groups -OCH3 is 1. The molecule has 0 N–H and O–H groups in total. The molecule has 0 radical (unpaired) electrons. The molecule has 0 saturated carbocycles. The second-order valence-corrected chi connectivity index (χ2v) is 10.0. The van der Waals surface area contributed by atoms with Gasteiger partial charge in [-0.2, -0.15) is 4.31 Å². The van der Waals surface area contributed by atoms with E-state index < -0.39 is 15.6 Å². The highest BCUT2D eigenvalue weighted by Crippen LogP contribution is 2.50. The lowest BCUT2D eigenvalue weighted by atomic mass is 9.88. The van der Waals surface area contributed by atoms with Crippen LogP contribution >= 0.6 is 0 Å². The van der Waals surface area contributed by atoms with E-state index in [0.29, 0.717) is 18.0 Å². The van der Waals surface area contributed by atoms with Crippen LogP contribution in [0.3, 0.4) is 0 Å². The number of aromatic nitrogens is 1. The Morgan fingerprint density at radius 2 is 1.68 bits per heavy atom.